The highest BCUT2D eigenvalue weighted by atomic mass is 32.1. The standard InChI is InChI=1S/C11H17N3OS/c1-8(2)12-6-10(15)5-9-7-14-3-4-16-11(14)13-9/h3-4,7-8,10,12,15H,5-6H2,1-2H3. The summed E-state index contributed by atoms with van der Waals surface area (Å²) in [6.45, 7) is 4.75. The first kappa shape index (κ1) is 11.6. The number of imidazole rings is 1. The Morgan fingerprint density at radius 2 is 2.38 bits per heavy atom. The van der Waals surface area contributed by atoms with Gasteiger partial charge in [-0.3, -0.25) is 4.40 Å². The number of fused-ring (bicyclic) bond motifs is 1. The van der Waals surface area contributed by atoms with Crippen LogP contribution < -0.4 is 5.32 Å². The van der Waals surface area contributed by atoms with Gasteiger partial charge < -0.3 is 10.4 Å². The first-order chi connectivity index (χ1) is 7.65. The lowest BCUT2D eigenvalue weighted by molar-refractivity contribution is 0.168. The monoisotopic (exact) mass is 239 g/mol. The van der Waals surface area contributed by atoms with Gasteiger partial charge in [0.25, 0.3) is 0 Å². The second kappa shape index (κ2) is 4.95. The van der Waals surface area contributed by atoms with E-state index in [9.17, 15) is 5.11 Å². The molecule has 1 atom stereocenters. The molecule has 16 heavy (non-hydrogen) atoms. The fraction of sp³-hybridized carbons (Fsp3) is 0.545. The summed E-state index contributed by atoms with van der Waals surface area (Å²) in [5, 5.41) is 15.0. The van der Waals surface area contributed by atoms with Gasteiger partial charge in [0.1, 0.15) is 0 Å². The zero-order chi connectivity index (χ0) is 11.5. The molecule has 0 aliphatic rings. The van der Waals surface area contributed by atoms with Gasteiger partial charge >= 0.3 is 0 Å². The molecule has 2 heterocycles. The Labute approximate surface area is 98.9 Å². The number of rotatable bonds is 5. The molecule has 2 aromatic rings. The van der Waals surface area contributed by atoms with Crippen molar-refractivity contribution in [2.75, 3.05) is 6.54 Å². The van der Waals surface area contributed by atoms with Crippen LogP contribution in [0.5, 0.6) is 0 Å². The quantitative estimate of drug-likeness (QED) is 0.827. The fourth-order valence-corrected chi connectivity index (χ4v) is 2.28. The first-order valence-corrected chi connectivity index (χ1v) is 6.35. The Balaban J connectivity index is 1.91. The molecule has 0 aliphatic heterocycles. The lowest BCUT2D eigenvalue weighted by Crippen LogP contribution is -2.33. The van der Waals surface area contributed by atoms with Gasteiger partial charge in [-0.15, -0.1) is 11.3 Å². The number of hydrogen-bond acceptors (Lipinski definition) is 4. The molecule has 0 aromatic carbocycles. The van der Waals surface area contributed by atoms with Gasteiger partial charge in [0.15, 0.2) is 4.96 Å². The molecule has 0 saturated carbocycles. The van der Waals surface area contributed by atoms with Crippen LogP contribution >= 0.6 is 11.3 Å². The van der Waals surface area contributed by atoms with E-state index < -0.39 is 0 Å². The van der Waals surface area contributed by atoms with E-state index >= 15 is 0 Å². The van der Waals surface area contributed by atoms with Gasteiger partial charge in [0, 0.05) is 36.8 Å². The number of aromatic nitrogens is 2. The maximum atomic E-state index is 9.81. The molecule has 0 saturated heterocycles. The van der Waals surface area contributed by atoms with Gasteiger partial charge in [-0.1, -0.05) is 13.8 Å². The molecule has 4 nitrogen and oxygen atoms in total. The molecule has 0 fully saturated rings. The van der Waals surface area contributed by atoms with Crippen molar-refractivity contribution in [1.82, 2.24) is 14.7 Å². The maximum Gasteiger partial charge on any atom is 0.193 e. The summed E-state index contributed by atoms with van der Waals surface area (Å²) in [6.07, 6.45) is 4.19. The molecule has 0 spiro atoms. The topological polar surface area (TPSA) is 49.6 Å². The zero-order valence-electron chi connectivity index (χ0n) is 9.55. The third kappa shape index (κ3) is 2.81. The first-order valence-electron chi connectivity index (χ1n) is 5.47. The Morgan fingerprint density at radius 1 is 1.56 bits per heavy atom. The number of thiazole rings is 1. The Hall–Kier alpha value is -0.910. The second-order valence-electron chi connectivity index (χ2n) is 4.25. The van der Waals surface area contributed by atoms with Crippen LogP contribution in [0.3, 0.4) is 0 Å². The molecular weight excluding hydrogens is 222 g/mol. The van der Waals surface area contributed by atoms with Gasteiger partial charge in [-0.05, 0) is 0 Å². The minimum Gasteiger partial charge on any atom is -0.391 e. The molecule has 0 bridgehead atoms. The molecule has 5 heteroatoms. The largest absolute Gasteiger partial charge is 0.391 e. The highest BCUT2D eigenvalue weighted by Crippen LogP contribution is 2.12. The normalized spacial score (nSPS) is 13.8. The maximum absolute atomic E-state index is 9.81. The van der Waals surface area contributed by atoms with E-state index in [1.807, 2.05) is 22.2 Å². The number of nitrogens with zero attached hydrogens (tertiary/aromatic N) is 2. The van der Waals surface area contributed by atoms with Crippen LogP contribution in [0.15, 0.2) is 17.8 Å². The highest BCUT2D eigenvalue weighted by Gasteiger charge is 2.09. The van der Waals surface area contributed by atoms with E-state index in [0.717, 1.165) is 10.7 Å². The summed E-state index contributed by atoms with van der Waals surface area (Å²) in [6, 6.07) is 0.403. The summed E-state index contributed by atoms with van der Waals surface area (Å²) in [4.78, 5) is 5.42. The number of nitrogens with one attached hydrogen (secondary N) is 1. The average molecular weight is 239 g/mol. The second-order valence-corrected chi connectivity index (χ2v) is 5.12. The van der Waals surface area contributed by atoms with E-state index in [1.165, 1.54) is 0 Å². The summed E-state index contributed by atoms with van der Waals surface area (Å²) >= 11 is 1.61. The minimum absolute atomic E-state index is 0.369. The van der Waals surface area contributed by atoms with Gasteiger partial charge in [-0.25, -0.2) is 4.98 Å². The third-order valence-electron chi connectivity index (χ3n) is 2.35. The molecule has 0 amide bonds. The minimum atomic E-state index is -0.369. The van der Waals surface area contributed by atoms with Gasteiger partial charge in [0.2, 0.25) is 0 Å². The van der Waals surface area contributed by atoms with Crippen molar-refractivity contribution < 1.29 is 5.11 Å². The molecule has 88 valence electrons. The van der Waals surface area contributed by atoms with Crippen LogP contribution in [0, 0.1) is 0 Å². The van der Waals surface area contributed by atoms with Crippen LogP contribution in [0.25, 0.3) is 4.96 Å². The Bertz CT molecular complexity index is 420. The number of hydrogen-bond donors (Lipinski definition) is 2. The number of aliphatic hydroxyl groups is 1. The summed E-state index contributed by atoms with van der Waals surface area (Å²) in [5.41, 5.74) is 0.949. The van der Waals surface area contributed by atoms with E-state index in [-0.39, 0.29) is 6.10 Å². The predicted molar refractivity (Wildman–Crippen MR) is 65.9 cm³/mol. The van der Waals surface area contributed by atoms with Crippen LogP contribution in [0.2, 0.25) is 0 Å². The van der Waals surface area contributed by atoms with Crippen LogP contribution in [-0.2, 0) is 6.42 Å². The molecule has 0 aliphatic carbocycles. The van der Waals surface area contributed by atoms with Crippen molar-refractivity contribution in [1.29, 1.82) is 0 Å². The lowest BCUT2D eigenvalue weighted by atomic mass is 10.2. The summed E-state index contributed by atoms with van der Waals surface area (Å²) in [5.74, 6) is 0. The molecule has 0 radical (unpaired) electrons. The van der Waals surface area contributed by atoms with Crippen LogP contribution in [0.1, 0.15) is 19.5 Å². The van der Waals surface area contributed by atoms with E-state index in [4.69, 9.17) is 0 Å². The molecule has 2 N–H and O–H groups in total. The molecule has 1 unspecified atom stereocenters. The van der Waals surface area contributed by atoms with Crippen molar-refractivity contribution in [3.63, 3.8) is 0 Å². The highest BCUT2D eigenvalue weighted by molar-refractivity contribution is 7.15. The zero-order valence-corrected chi connectivity index (χ0v) is 10.4. The van der Waals surface area contributed by atoms with Gasteiger partial charge in [-0.2, -0.15) is 0 Å². The number of aliphatic hydroxyl groups excluding tert-OH is 1. The van der Waals surface area contributed by atoms with Crippen molar-refractivity contribution in [2.45, 2.75) is 32.4 Å². The third-order valence-corrected chi connectivity index (χ3v) is 3.12. The smallest absolute Gasteiger partial charge is 0.193 e. The Morgan fingerprint density at radius 3 is 3.06 bits per heavy atom. The van der Waals surface area contributed by atoms with Crippen LogP contribution in [0.4, 0.5) is 0 Å². The van der Waals surface area contributed by atoms with Crippen molar-refractivity contribution in [3.8, 4) is 0 Å². The summed E-state index contributed by atoms with van der Waals surface area (Å²) < 4.78 is 1.99. The average Bonchev–Trinajstić information content (AvgIpc) is 2.74. The lowest BCUT2D eigenvalue weighted by Gasteiger charge is -2.12. The van der Waals surface area contributed by atoms with Crippen LogP contribution in [-0.4, -0.2) is 33.2 Å². The molecular formula is C11H17N3OS. The Kier molecular flexibility index (Phi) is 3.58. The van der Waals surface area contributed by atoms with Crippen molar-refractivity contribution >= 4 is 16.3 Å². The van der Waals surface area contributed by atoms with Crippen molar-refractivity contribution in [3.05, 3.63) is 23.5 Å². The SMILES string of the molecule is CC(C)NCC(O)Cc1cn2ccsc2n1. The fourth-order valence-electron chi connectivity index (χ4n) is 1.56. The van der Waals surface area contributed by atoms with E-state index in [2.05, 4.69) is 24.1 Å². The molecule has 2 aromatic heterocycles. The van der Waals surface area contributed by atoms with Gasteiger partial charge in [0.05, 0.1) is 11.8 Å². The predicted octanol–water partition coefficient (Wildman–Crippen LogP) is 1.30. The summed E-state index contributed by atoms with van der Waals surface area (Å²) in [7, 11) is 0. The van der Waals surface area contributed by atoms with E-state index in [0.29, 0.717) is 19.0 Å². The van der Waals surface area contributed by atoms with E-state index in [1.54, 1.807) is 11.3 Å². The molecule has 2 rings (SSSR count). The van der Waals surface area contributed by atoms with Crippen molar-refractivity contribution in [2.24, 2.45) is 0 Å².